The fraction of sp³-hybridized carbons (Fsp3) is 0.294. The first kappa shape index (κ1) is 17.8. The van der Waals surface area contributed by atoms with Crippen molar-refractivity contribution in [3.05, 3.63) is 53.9 Å². The molecule has 24 heavy (non-hydrogen) atoms. The van der Waals surface area contributed by atoms with E-state index in [1.807, 2.05) is 6.07 Å². The van der Waals surface area contributed by atoms with Gasteiger partial charge in [-0.3, -0.25) is 9.78 Å². The van der Waals surface area contributed by atoms with Gasteiger partial charge in [0.25, 0.3) is 5.91 Å². The number of hydrogen-bond donors (Lipinski definition) is 1. The van der Waals surface area contributed by atoms with Gasteiger partial charge in [-0.2, -0.15) is 0 Å². The summed E-state index contributed by atoms with van der Waals surface area (Å²) in [4.78, 5) is 16.2. The van der Waals surface area contributed by atoms with Crippen LogP contribution in [0.2, 0.25) is 0 Å². The molecule has 0 aliphatic rings. The summed E-state index contributed by atoms with van der Waals surface area (Å²) in [7, 11) is 0. The van der Waals surface area contributed by atoms with Crippen LogP contribution in [-0.2, 0) is 6.42 Å². The van der Waals surface area contributed by atoms with Crippen molar-refractivity contribution in [2.75, 3.05) is 5.32 Å². The Labute approximate surface area is 137 Å². The van der Waals surface area contributed by atoms with Crippen molar-refractivity contribution in [3.63, 3.8) is 0 Å². The van der Waals surface area contributed by atoms with E-state index in [0.717, 1.165) is 37.0 Å². The molecule has 7 heteroatoms. The average Bonchev–Trinajstić information content (AvgIpc) is 2.54. The van der Waals surface area contributed by atoms with Crippen LogP contribution in [0.5, 0.6) is 5.75 Å². The molecule has 1 amide bonds. The van der Waals surface area contributed by atoms with Crippen molar-refractivity contribution in [1.29, 1.82) is 0 Å². The lowest BCUT2D eigenvalue weighted by atomic mass is 10.1. The van der Waals surface area contributed by atoms with Gasteiger partial charge in [-0.1, -0.05) is 19.4 Å². The largest absolute Gasteiger partial charge is 0.573 e. The summed E-state index contributed by atoms with van der Waals surface area (Å²) in [6.45, 7) is 2.10. The zero-order valence-corrected chi connectivity index (χ0v) is 13.1. The average molecular weight is 338 g/mol. The molecule has 0 aliphatic heterocycles. The van der Waals surface area contributed by atoms with Crippen molar-refractivity contribution in [2.24, 2.45) is 0 Å². The number of benzene rings is 1. The fourth-order valence-corrected chi connectivity index (χ4v) is 2.02. The number of amides is 1. The van der Waals surface area contributed by atoms with Crippen molar-refractivity contribution in [1.82, 2.24) is 4.98 Å². The summed E-state index contributed by atoms with van der Waals surface area (Å²) in [5, 5.41) is 2.57. The molecule has 2 rings (SSSR count). The highest BCUT2D eigenvalue weighted by atomic mass is 19.4. The maximum Gasteiger partial charge on any atom is 0.573 e. The Hall–Kier alpha value is -2.57. The van der Waals surface area contributed by atoms with Crippen molar-refractivity contribution in [2.45, 2.75) is 32.5 Å². The predicted molar refractivity (Wildman–Crippen MR) is 83.9 cm³/mol. The lowest BCUT2D eigenvalue weighted by molar-refractivity contribution is -0.274. The van der Waals surface area contributed by atoms with Gasteiger partial charge in [0.1, 0.15) is 11.4 Å². The number of carbonyl (C=O) groups excluding carboxylic acids is 1. The van der Waals surface area contributed by atoms with Gasteiger partial charge in [0, 0.05) is 11.9 Å². The summed E-state index contributed by atoms with van der Waals surface area (Å²) in [6.07, 6.45) is -0.0407. The molecular weight excluding hydrogens is 321 g/mol. The van der Waals surface area contributed by atoms with E-state index in [4.69, 9.17) is 0 Å². The van der Waals surface area contributed by atoms with Gasteiger partial charge in [0.15, 0.2) is 0 Å². The van der Waals surface area contributed by atoms with Crippen LogP contribution in [0, 0.1) is 0 Å². The van der Waals surface area contributed by atoms with Crippen LogP contribution in [0.3, 0.4) is 0 Å². The van der Waals surface area contributed by atoms with Crippen LogP contribution in [0.15, 0.2) is 42.6 Å². The Morgan fingerprint density at radius 3 is 2.42 bits per heavy atom. The quantitative estimate of drug-likeness (QED) is 0.839. The molecule has 0 spiro atoms. The van der Waals surface area contributed by atoms with Gasteiger partial charge in [-0.15, -0.1) is 13.2 Å². The van der Waals surface area contributed by atoms with Crippen LogP contribution in [0.4, 0.5) is 18.9 Å². The van der Waals surface area contributed by atoms with E-state index in [1.165, 1.54) is 12.1 Å². The molecule has 0 aliphatic carbocycles. The van der Waals surface area contributed by atoms with Crippen molar-refractivity contribution >= 4 is 11.6 Å². The molecule has 0 radical (unpaired) electrons. The Morgan fingerprint density at radius 2 is 1.88 bits per heavy atom. The third-order valence-corrected chi connectivity index (χ3v) is 3.22. The predicted octanol–water partition coefficient (Wildman–Crippen LogP) is 4.58. The van der Waals surface area contributed by atoms with E-state index in [9.17, 15) is 18.0 Å². The first-order valence-corrected chi connectivity index (χ1v) is 7.49. The highest BCUT2D eigenvalue weighted by Crippen LogP contribution is 2.24. The second kappa shape index (κ2) is 7.81. The highest BCUT2D eigenvalue weighted by Gasteiger charge is 2.30. The molecule has 0 unspecified atom stereocenters. The SMILES string of the molecule is CCCCc1ccc(C(=O)Nc2ccc(OC(F)(F)F)cc2)nc1. The minimum absolute atomic E-state index is 0.242. The number of carbonyl (C=O) groups is 1. The number of halogens is 3. The third kappa shape index (κ3) is 5.57. The van der Waals surface area contributed by atoms with Gasteiger partial charge in [-0.25, -0.2) is 0 Å². The molecular formula is C17H17F3N2O2. The Bertz CT molecular complexity index is 668. The second-order valence-electron chi connectivity index (χ2n) is 5.18. The number of ether oxygens (including phenoxy) is 1. The van der Waals surface area contributed by atoms with E-state index < -0.39 is 12.3 Å². The Balaban J connectivity index is 1.96. The summed E-state index contributed by atoms with van der Waals surface area (Å²) in [5.41, 5.74) is 1.65. The molecule has 0 bridgehead atoms. The van der Waals surface area contributed by atoms with Crippen LogP contribution >= 0.6 is 0 Å². The zero-order chi connectivity index (χ0) is 17.6. The second-order valence-corrected chi connectivity index (χ2v) is 5.18. The molecule has 4 nitrogen and oxygen atoms in total. The van der Waals surface area contributed by atoms with Gasteiger partial charge >= 0.3 is 6.36 Å². The monoisotopic (exact) mass is 338 g/mol. The van der Waals surface area contributed by atoms with E-state index in [2.05, 4.69) is 22.0 Å². The smallest absolute Gasteiger partial charge is 0.406 e. The summed E-state index contributed by atoms with van der Waals surface area (Å²) >= 11 is 0. The number of hydrogen-bond acceptors (Lipinski definition) is 3. The number of nitrogens with one attached hydrogen (secondary N) is 1. The third-order valence-electron chi connectivity index (χ3n) is 3.22. The maximum atomic E-state index is 12.1. The number of nitrogens with zero attached hydrogens (tertiary/aromatic N) is 1. The molecule has 1 heterocycles. The van der Waals surface area contributed by atoms with Crippen molar-refractivity contribution < 1.29 is 22.7 Å². The van der Waals surface area contributed by atoms with E-state index >= 15 is 0 Å². The molecule has 1 N–H and O–H groups in total. The van der Waals surface area contributed by atoms with Crippen LogP contribution in [0.25, 0.3) is 0 Å². The van der Waals surface area contributed by atoms with Crippen LogP contribution < -0.4 is 10.1 Å². The molecule has 1 aromatic carbocycles. The maximum absolute atomic E-state index is 12.1. The summed E-state index contributed by atoms with van der Waals surface area (Å²) in [5.74, 6) is -0.777. The number of aryl methyl sites for hydroxylation is 1. The molecule has 2 aromatic rings. The molecule has 0 fully saturated rings. The molecule has 0 saturated carbocycles. The van der Waals surface area contributed by atoms with Crippen LogP contribution in [0.1, 0.15) is 35.8 Å². The summed E-state index contributed by atoms with van der Waals surface area (Å²) < 4.78 is 40.0. The van der Waals surface area contributed by atoms with E-state index in [1.54, 1.807) is 12.3 Å². The first-order valence-electron chi connectivity index (χ1n) is 7.49. The number of rotatable bonds is 6. The Morgan fingerprint density at radius 1 is 1.17 bits per heavy atom. The minimum Gasteiger partial charge on any atom is -0.406 e. The van der Waals surface area contributed by atoms with Gasteiger partial charge in [-0.05, 0) is 48.7 Å². The standard InChI is InChI=1S/C17H17F3N2O2/c1-2-3-4-12-5-10-15(21-11-12)16(23)22-13-6-8-14(9-7-13)24-17(18,19)20/h5-11H,2-4H2,1H3,(H,22,23). The van der Waals surface area contributed by atoms with E-state index in [0.29, 0.717) is 5.69 Å². The Kier molecular flexibility index (Phi) is 5.78. The number of pyridine rings is 1. The van der Waals surface area contributed by atoms with Gasteiger partial charge in [0.05, 0.1) is 0 Å². The van der Waals surface area contributed by atoms with Gasteiger partial charge < -0.3 is 10.1 Å². The first-order chi connectivity index (χ1) is 11.4. The van der Waals surface area contributed by atoms with Crippen LogP contribution in [-0.4, -0.2) is 17.3 Å². The number of unbranched alkanes of at least 4 members (excludes halogenated alkanes) is 1. The molecule has 1 aromatic heterocycles. The topological polar surface area (TPSA) is 51.2 Å². The number of anilines is 1. The van der Waals surface area contributed by atoms with E-state index in [-0.39, 0.29) is 11.4 Å². The minimum atomic E-state index is -4.74. The lowest BCUT2D eigenvalue weighted by Gasteiger charge is -2.10. The number of aromatic nitrogens is 1. The zero-order valence-electron chi connectivity index (χ0n) is 13.1. The summed E-state index contributed by atoms with van der Waals surface area (Å²) in [6, 6.07) is 8.39. The lowest BCUT2D eigenvalue weighted by Crippen LogP contribution is -2.17. The highest BCUT2D eigenvalue weighted by molar-refractivity contribution is 6.02. The molecule has 128 valence electrons. The fourth-order valence-electron chi connectivity index (χ4n) is 2.02. The molecule has 0 atom stereocenters. The molecule has 0 saturated heterocycles. The number of alkyl halides is 3. The van der Waals surface area contributed by atoms with Gasteiger partial charge in [0.2, 0.25) is 0 Å². The normalized spacial score (nSPS) is 11.2. The van der Waals surface area contributed by atoms with Crippen molar-refractivity contribution in [3.8, 4) is 5.75 Å².